The van der Waals surface area contributed by atoms with Gasteiger partial charge < -0.3 is 5.11 Å². The summed E-state index contributed by atoms with van der Waals surface area (Å²) in [5.41, 5.74) is 0.159. The Hall–Kier alpha value is 0.968. The summed E-state index contributed by atoms with van der Waals surface area (Å²) in [5.74, 6) is 0. The Balaban J connectivity index is 0. The first kappa shape index (κ1) is 15.4. The Morgan fingerprint density at radius 2 is 1.92 bits per heavy atom. The van der Waals surface area contributed by atoms with Crippen LogP contribution in [0, 0.1) is 40.4 Å². The molecule has 0 saturated heterocycles. The van der Waals surface area contributed by atoms with Crippen molar-refractivity contribution in [3.05, 3.63) is 0 Å². The number of nitrogens with zero attached hydrogens (tertiary/aromatic N) is 1. The molecule has 1 atom stereocenters. The molecule has 2 nitrogen and oxygen atoms in total. The summed E-state index contributed by atoms with van der Waals surface area (Å²) in [6, 6.07) is 0. The average molecular weight is 308 g/mol. The molecule has 1 N–H and O–H groups in total. The van der Waals surface area contributed by atoms with Crippen molar-refractivity contribution in [1.29, 1.82) is 0 Å². The predicted molar refractivity (Wildman–Crippen MR) is 49.2 cm³/mol. The van der Waals surface area contributed by atoms with Gasteiger partial charge in [0, 0.05) is 52.6 Å². The minimum absolute atomic E-state index is 0. The van der Waals surface area contributed by atoms with Gasteiger partial charge in [-0.1, -0.05) is 13.3 Å². The fourth-order valence-electron chi connectivity index (χ4n) is 1.08. The van der Waals surface area contributed by atoms with Gasteiger partial charge in [-0.25, -0.2) is 0 Å². The van der Waals surface area contributed by atoms with Gasteiger partial charge in [0.05, 0.1) is 5.60 Å². The summed E-state index contributed by atoms with van der Waals surface area (Å²) >= 11 is 0. The monoisotopic (exact) mass is 309 g/mol. The summed E-state index contributed by atoms with van der Waals surface area (Å²) in [6.45, 7) is 8.51. The second kappa shape index (κ2) is 7.38. The molecule has 0 spiro atoms. The third-order valence-corrected chi connectivity index (χ3v) is 1.91. The van der Waals surface area contributed by atoms with Crippen LogP contribution >= 0.6 is 0 Å². The summed E-state index contributed by atoms with van der Waals surface area (Å²) in [5, 5.41) is 9.78. The Morgan fingerprint density at radius 3 is 2.25 bits per heavy atom. The van der Waals surface area contributed by atoms with Gasteiger partial charge >= 0.3 is 0 Å². The Morgan fingerprint density at radius 1 is 1.42 bits per heavy atom. The third kappa shape index (κ3) is 5.59. The molecule has 0 amide bonds. The second-order valence-corrected chi connectivity index (χ2v) is 3.08. The van der Waals surface area contributed by atoms with Crippen LogP contribution in [0.5, 0.6) is 0 Å². The SMILES string of the molecule is CCCC(C)(O)C(C)=NCC.[Sm]. The van der Waals surface area contributed by atoms with Gasteiger partial charge in [-0.3, -0.25) is 4.99 Å². The predicted octanol–water partition coefficient (Wildman–Crippen LogP) is 2.02. The zero-order valence-electron chi connectivity index (χ0n) is 8.42. The van der Waals surface area contributed by atoms with E-state index in [9.17, 15) is 5.11 Å². The molecule has 0 saturated carbocycles. The molecule has 0 rings (SSSR count). The number of aliphatic imine (C=N–C) groups is 1. The van der Waals surface area contributed by atoms with Crippen molar-refractivity contribution in [2.75, 3.05) is 6.54 Å². The Kier molecular flexibility index (Phi) is 9.49. The molecule has 12 heavy (non-hydrogen) atoms. The van der Waals surface area contributed by atoms with Gasteiger partial charge in [-0.2, -0.15) is 0 Å². The van der Waals surface area contributed by atoms with Crippen molar-refractivity contribution in [2.45, 2.75) is 46.1 Å². The van der Waals surface area contributed by atoms with E-state index < -0.39 is 5.60 Å². The maximum absolute atomic E-state index is 9.78. The first-order chi connectivity index (χ1) is 5.04. The molecule has 0 aromatic rings. The summed E-state index contributed by atoms with van der Waals surface area (Å²) in [7, 11) is 0. The van der Waals surface area contributed by atoms with Crippen LogP contribution in [0.15, 0.2) is 4.99 Å². The van der Waals surface area contributed by atoms with Crippen LogP contribution in [0.1, 0.15) is 40.5 Å². The molecular formula is C9H19NOSm. The number of hydrogen-bond acceptors (Lipinski definition) is 2. The number of rotatable bonds is 4. The fraction of sp³-hybridized carbons (Fsp3) is 0.889. The van der Waals surface area contributed by atoms with Crippen molar-refractivity contribution in [3.8, 4) is 0 Å². The largest absolute Gasteiger partial charge is 0.384 e. The third-order valence-electron chi connectivity index (χ3n) is 1.91. The van der Waals surface area contributed by atoms with Crippen LogP contribution in [0.4, 0.5) is 0 Å². The van der Waals surface area contributed by atoms with Gasteiger partial charge in [0.15, 0.2) is 0 Å². The van der Waals surface area contributed by atoms with Crippen molar-refractivity contribution < 1.29 is 45.5 Å². The van der Waals surface area contributed by atoms with Crippen LogP contribution in [0.25, 0.3) is 0 Å². The quantitative estimate of drug-likeness (QED) is 0.792. The molecule has 0 heterocycles. The molecule has 0 aliphatic heterocycles. The second-order valence-electron chi connectivity index (χ2n) is 3.08. The van der Waals surface area contributed by atoms with Crippen molar-refractivity contribution >= 4 is 5.71 Å². The minimum atomic E-state index is -0.690. The standard InChI is InChI=1S/C9H19NO.Sm/c1-5-7-9(4,11)8(3)10-6-2;/h11H,5-7H2,1-4H3;. The van der Waals surface area contributed by atoms with Gasteiger partial charge in [-0.05, 0) is 27.2 Å². The summed E-state index contributed by atoms with van der Waals surface area (Å²) in [6.07, 6.45) is 1.78. The zero-order chi connectivity index (χ0) is 8.91. The fourth-order valence-corrected chi connectivity index (χ4v) is 1.08. The summed E-state index contributed by atoms with van der Waals surface area (Å²) in [4.78, 5) is 4.18. The van der Waals surface area contributed by atoms with Gasteiger partial charge in [0.25, 0.3) is 0 Å². The zero-order valence-corrected chi connectivity index (χ0v) is 11.0. The minimum Gasteiger partial charge on any atom is -0.384 e. The van der Waals surface area contributed by atoms with Crippen molar-refractivity contribution in [3.63, 3.8) is 0 Å². The van der Waals surface area contributed by atoms with E-state index in [4.69, 9.17) is 0 Å². The maximum atomic E-state index is 9.78. The van der Waals surface area contributed by atoms with Gasteiger partial charge in [0.2, 0.25) is 0 Å². The van der Waals surface area contributed by atoms with Gasteiger partial charge in [0.1, 0.15) is 0 Å². The first-order valence-electron chi connectivity index (χ1n) is 4.28. The molecular weight excluding hydrogens is 288 g/mol. The van der Waals surface area contributed by atoms with E-state index in [0.29, 0.717) is 0 Å². The first-order valence-corrected chi connectivity index (χ1v) is 4.28. The molecule has 72 valence electrons. The molecule has 3 heteroatoms. The molecule has 0 fully saturated rings. The maximum Gasteiger partial charge on any atom is 0.0991 e. The molecule has 0 bridgehead atoms. The van der Waals surface area contributed by atoms with E-state index in [-0.39, 0.29) is 40.4 Å². The molecule has 0 aromatic carbocycles. The van der Waals surface area contributed by atoms with Crippen LogP contribution in [0.3, 0.4) is 0 Å². The Labute approximate surface area is 108 Å². The smallest absolute Gasteiger partial charge is 0.0991 e. The van der Waals surface area contributed by atoms with Crippen LogP contribution in [-0.4, -0.2) is 23.0 Å². The van der Waals surface area contributed by atoms with Gasteiger partial charge in [-0.15, -0.1) is 0 Å². The number of aliphatic hydroxyl groups is 1. The molecule has 0 aliphatic rings. The Bertz CT molecular complexity index is 143. The van der Waals surface area contributed by atoms with E-state index in [1.165, 1.54) is 0 Å². The number of hydrogen-bond donors (Lipinski definition) is 1. The van der Waals surface area contributed by atoms with E-state index in [2.05, 4.69) is 11.9 Å². The van der Waals surface area contributed by atoms with E-state index >= 15 is 0 Å². The molecule has 0 radical (unpaired) electrons. The van der Waals surface area contributed by atoms with Crippen LogP contribution < -0.4 is 0 Å². The van der Waals surface area contributed by atoms with Crippen molar-refractivity contribution in [2.24, 2.45) is 4.99 Å². The van der Waals surface area contributed by atoms with E-state index in [0.717, 1.165) is 25.1 Å². The molecule has 0 aliphatic carbocycles. The summed E-state index contributed by atoms with van der Waals surface area (Å²) < 4.78 is 0. The van der Waals surface area contributed by atoms with E-state index in [1.54, 1.807) is 0 Å². The van der Waals surface area contributed by atoms with Crippen LogP contribution in [0.2, 0.25) is 0 Å². The topological polar surface area (TPSA) is 32.6 Å². The van der Waals surface area contributed by atoms with Crippen LogP contribution in [-0.2, 0) is 0 Å². The average Bonchev–Trinajstić information content (AvgIpc) is 1.88. The van der Waals surface area contributed by atoms with Crippen molar-refractivity contribution in [1.82, 2.24) is 0 Å². The molecule has 1 unspecified atom stereocenters. The molecule has 0 aromatic heterocycles. The van der Waals surface area contributed by atoms with E-state index in [1.807, 2.05) is 20.8 Å². The normalized spacial score (nSPS) is 16.6.